The number of imide groups is 1. The molecule has 15 nitrogen and oxygen atoms in total. The van der Waals surface area contributed by atoms with E-state index in [0.29, 0.717) is 60.5 Å². The number of piperidine rings is 1. The third kappa shape index (κ3) is 10.3. The molecule has 3 fully saturated rings. The zero-order valence-corrected chi connectivity index (χ0v) is 43.1. The number of fused-ring (bicyclic) bond motifs is 3. The number of aryl methyl sites for hydroxylation is 1. The Morgan fingerprint density at radius 3 is 2.45 bits per heavy atom. The van der Waals surface area contributed by atoms with E-state index >= 15 is 0 Å². The molecule has 0 radical (unpaired) electrons. The van der Waals surface area contributed by atoms with Gasteiger partial charge >= 0.3 is 5.97 Å². The standard InChI is InChI=1S/C58H64N10O5S/c1-36-41(42-23-25-51(61-54(42)57(72)73)68-29-27-38-11-8-13-43(46(38)35-68)55(70)63-58-60-48-14-5-6-16-50(48)74-58)12-9-15-47(36)59-39-19-17-37(18-20-39)10-4-3-7-28-66-30-32-67(33-31-66)40-21-22-44-49(34-40)65(2)64-53(44)45-24-26-52(69)62-56(45)71/h5-6,8-9,11-16,21-23,25,34,37,39,45,59H,3-4,7,10,17-20,24,26-33,35H2,1-2H3,(H,72,73)(H,60,63,70)(H,62,69,71). The molecule has 3 aromatic heterocycles. The third-order valence-electron chi connectivity index (χ3n) is 16.0. The summed E-state index contributed by atoms with van der Waals surface area (Å²) in [5, 5.41) is 26.1. The van der Waals surface area contributed by atoms with Crippen molar-refractivity contribution < 1.29 is 24.3 Å². The number of carbonyl (C=O) groups is 4. The van der Waals surface area contributed by atoms with E-state index in [2.05, 4.69) is 72.9 Å². The van der Waals surface area contributed by atoms with Crippen LogP contribution in [0.3, 0.4) is 0 Å². The molecule has 0 bridgehead atoms. The Kier molecular flexibility index (Phi) is 14.2. The first kappa shape index (κ1) is 49.1. The van der Waals surface area contributed by atoms with Gasteiger partial charge in [-0.05, 0) is 141 Å². The number of hydrogen-bond donors (Lipinski definition) is 4. The molecule has 2 saturated heterocycles. The number of amides is 3. The maximum Gasteiger partial charge on any atom is 0.355 e. The van der Waals surface area contributed by atoms with Gasteiger partial charge in [-0.25, -0.2) is 14.8 Å². The Balaban J connectivity index is 0.635. The summed E-state index contributed by atoms with van der Waals surface area (Å²) in [7, 11) is 1.93. The van der Waals surface area contributed by atoms with Gasteiger partial charge in [-0.1, -0.05) is 67.0 Å². The van der Waals surface area contributed by atoms with E-state index in [-0.39, 0.29) is 23.4 Å². The summed E-state index contributed by atoms with van der Waals surface area (Å²) in [5.74, 6) is -0.835. The van der Waals surface area contributed by atoms with E-state index in [1.165, 1.54) is 55.5 Å². The molecular formula is C58H64N10O5S. The summed E-state index contributed by atoms with van der Waals surface area (Å²) >= 11 is 1.44. The Hall–Kier alpha value is -7.17. The van der Waals surface area contributed by atoms with Crippen LogP contribution in [0, 0.1) is 12.8 Å². The van der Waals surface area contributed by atoms with Gasteiger partial charge in [0.1, 0.15) is 5.82 Å². The van der Waals surface area contributed by atoms with Crippen molar-refractivity contribution in [3.05, 3.63) is 125 Å². The van der Waals surface area contributed by atoms with Crippen molar-refractivity contribution in [1.82, 2.24) is 30.0 Å². The number of aromatic carboxylic acids is 1. The fourth-order valence-corrected chi connectivity index (χ4v) is 12.7. The second-order valence-corrected chi connectivity index (χ2v) is 21.7. The highest BCUT2D eigenvalue weighted by molar-refractivity contribution is 7.22. The van der Waals surface area contributed by atoms with Gasteiger partial charge in [0.25, 0.3) is 5.91 Å². The number of carbonyl (C=O) groups excluding carboxylic acids is 3. The lowest BCUT2D eigenvalue weighted by atomic mass is 9.83. The van der Waals surface area contributed by atoms with Gasteiger partial charge in [0.15, 0.2) is 10.8 Å². The molecule has 3 aliphatic heterocycles. The highest BCUT2D eigenvalue weighted by Crippen LogP contribution is 2.37. The molecule has 1 aliphatic carbocycles. The van der Waals surface area contributed by atoms with Crippen LogP contribution in [-0.2, 0) is 29.6 Å². The molecule has 7 aromatic rings. The minimum absolute atomic E-state index is 0.0132. The lowest BCUT2D eigenvalue weighted by molar-refractivity contribution is -0.134. The van der Waals surface area contributed by atoms with Crippen LogP contribution in [-0.4, -0.2) is 98.8 Å². The number of unbranched alkanes of at least 4 members (excludes halogenated alkanes) is 2. The average molecular weight is 1010 g/mol. The van der Waals surface area contributed by atoms with Gasteiger partial charge in [0.2, 0.25) is 11.8 Å². The summed E-state index contributed by atoms with van der Waals surface area (Å²) in [5.41, 5.74) is 9.87. The van der Waals surface area contributed by atoms with Gasteiger partial charge in [-0.3, -0.25) is 34.6 Å². The number of carboxylic acid groups (broad SMARTS) is 1. The number of nitrogens with zero attached hydrogens (tertiary/aromatic N) is 7. The topological polar surface area (TPSA) is 178 Å². The number of anilines is 4. The number of pyridine rings is 1. The molecule has 382 valence electrons. The van der Waals surface area contributed by atoms with Gasteiger partial charge in [0, 0.05) is 86.7 Å². The van der Waals surface area contributed by atoms with Crippen molar-refractivity contribution in [2.45, 2.75) is 96.1 Å². The maximum absolute atomic E-state index is 13.7. The number of hydrogen-bond acceptors (Lipinski definition) is 12. The first-order valence-corrected chi connectivity index (χ1v) is 27.3. The Morgan fingerprint density at radius 2 is 1.64 bits per heavy atom. The fourth-order valence-electron chi connectivity index (χ4n) is 11.8. The highest BCUT2D eigenvalue weighted by Gasteiger charge is 2.32. The van der Waals surface area contributed by atoms with Gasteiger partial charge < -0.3 is 20.2 Å². The van der Waals surface area contributed by atoms with Crippen LogP contribution >= 0.6 is 11.3 Å². The van der Waals surface area contributed by atoms with Crippen molar-refractivity contribution in [3.63, 3.8) is 0 Å². The third-order valence-corrected chi connectivity index (χ3v) is 17.0. The Bertz CT molecular complexity index is 3230. The van der Waals surface area contributed by atoms with Crippen LogP contribution in [0.2, 0.25) is 0 Å². The van der Waals surface area contributed by atoms with E-state index in [9.17, 15) is 24.3 Å². The lowest BCUT2D eigenvalue weighted by Gasteiger charge is -2.36. The molecule has 4 aliphatic rings. The molecule has 0 spiro atoms. The predicted octanol–water partition coefficient (Wildman–Crippen LogP) is 9.94. The number of rotatable bonds is 15. The molecule has 74 heavy (non-hydrogen) atoms. The van der Waals surface area contributed by atoms with Crippen molar-refractivity contribution in [3.8, 4) is 11.1 Å². The molecule has 1 atom stereocenters. The highest BCUT2D eigenvalue weighted by atomic mass is 32.1. The normalized spacial score (nSPS) is 19.4. The molecule has 3 amide bonds. The number of thiazole rings is 1. The van der Waals surface area contributed by atoms with E-state index in [1.54, 1.807) is 0 Å². The number of carboxylic acids is 1. The van der Waals surface area contributed by atoms with E-state index in [0.717, 1.165) is 106 Å². The van der Waals surface area contributed by atoms with Crippen LogP contribution in [0.4, 0.5) is 22.3 Å². The van der Waals surface area contributed by atoms with Crippen molar-refractivity contribution >= 4 is 78.5 Å². The van der Waals surface area contributed by atoms with Crippen LogP contribution in [0.1, 0.15) is 113 Å². The SMILES string of the molecule is Cc1c(NC2CCC(CCCCCN3CCN(c4ccc5c(C6CCC(=O)NC6=O)nn(C)c5c4)CC3)CC2)cccc1-c1ccc(N2CCc3cccc(C(=O)Nc4nc5ccccc5s4)c3C2)nc1C(=O)O. The van der Waals surface area contributed by atoms with Crippen LogP contribution in [0.5, 0.6) is 0 Å². The summed E-state index contributed by atoms with van der Waals surface area (Å²) in [6.07, 6.45) is 11.2. The largest absolute Gasteiger partial charge is 0.476 e. The molecule has 11 rings (SSSR count). The first-order valence-electron chi connectivity index (χ1n) is 26.4. The van der Waals surface area contributed by atoms with Gasteiger partial charge in [0.05, 0.1) is 27.3 Å². The number of piperazine rings is 1. The van der Waals surface area contributed by atoms with Crippen LogP contribution < -0.4 is 25.8 Å². The average Bonchev–Trinajstić information content (AvgIpc) is 3.98. The quantitative estimate of drug-likeness (QED) is 0.0566. The monoisotopic (exact) mass is 1010 g/mol. The molecular weight excluding hydrogens is 949 g/mol. The molecule has 4 N–H and O–H groups in total. The number of nitrogens with one attached hydrogen (secondary N) is 3. The van der Waals surface area contributed by atoms with Crippen molar-refractivity contribution in [2.24, 2.45) is 13.0 Å². The van der Waals surface area contributed by atoms with Gasteiger partial charge in [-0.2, -0.15) is 5.10 Å². The Morgan fingerprint density at radius 1 is 0.811 bits per heavy atom. The first-order chi connectivity index (χ1) is 36.0. The Labute approximate surface area is 435 Å². The predicted molar refractivity (Wildman–Crippen MR) is 292 cm³/mol. The summed E-state index contributed by atoms with van der Waals surface area (Å²) in [4.78, 5) is 67.4. The van der Waals surface area contributed by atoms with E-state index < -0.39 is 11.9 Å². The van der Waals surface area contributed by atoms with Crippen LogP contribution in [0.25, 0.3) is 32.2 Å². The number of benzene rings is 4. The molecule has 1 saturated carbocycles. The summed E-state index contributed by atoms with van der Waals surface area (Å²) < 4.78 is 2.87. The molecule has 6 heterocycles. The van der Waals surface area contributed by atoms with E-state index in [4.69, 9.17) is 10.1 Å². The minimum atomic E-state index is -1.08. The number of para-hydroxylation sites is 1. The van der Waals surface area contributed by atoms with Gasteiger partial charge in [-0.15, -0.1) is 0 Å². The van der Waals surface area contributed by atoms with Crippen molar-refractivity contribution in [1.29, 1.82) is 0 Å². The lowest BCUT2D eigenvalue weighted by Crippen LogP contribution is -2.46. The zero-order valence-electron chi connectivity index (χ0n) is 42.2. The smallest absolute Gasteiger partial charge is 0.355 e. The van der Waals surface area contributed by atoms with E-state index in [1.807, 2.05) is 72.4 Å². The summed E-state index contributed by atoms with van der Waals surface area (Å²) in [6, 6.07) is 30.3. The second kappa shape index (κ2) is 21.4. The molecule has 16 heteroatoms. The second-order valence-electron chi connectivity index (χ2n) is 20.7. The summed E-state index contributed by atoms with van der Waals surface area (Å²) in [6.45, 7) is 8.32. The zero-order chi connectivity index (χ0) is 50.9. The maximum atomic E-state index is 13.7. The minimum Gasteiger partial charge on any atom is -0.476 e. The fraction of sp³-hybridized carbons (Fsp3) is 0.397. The molecule has 4 aromatic carbocycles. The van der Waals surface area contributed by atoms with Crippen LogP contribution in [0.15, 0.2) is 91.0 Å². The van der Waals surface area contributed by atoms with Crippen molar-refractivity contribution in [2.75, 3.05) is 59.7 Å². The number of aromatic nitrogens is 4. The molecule has 1 unspecified atom stereocenters.